The molecule has 160 valence electrons. The van der Waals surface area contributed by atoms with Crippen LogP contribution >= 0.6 is 23.2 Å². The Hall–Kier alpha value is -3.42. The first-order valence-electron chi connectivity index (χ1n) is 9.85. The first-order chi connectivity index (χ1) is 15.4. The van der Waals surface area contributed by atoms with Gasteiger partial charge in [0.1, 0.15) is 5.69 Å². The van der Waals surface area contributed by atoms with Crippen molar-refractivity contribution in [2.45, 2.75) is 18.4 Å². The normalized spacial score (nSPS) is 17.3. The zero-order chi connectivity index (χ0) is 22.4. The second kappa shape index (κ2) is 7.93. The van der Waals surface area contributed by atoms with Gasteiger partial charge in [0.05, 0.1) is 27.9 Å². The molecule has 1 aliphatic carbocycles. The van der Waals surface area contributed by atoms with Crippen molar-refractivity contribution in [1.82, 2.24) is 14.5 Å². The molecule has 4 aromatic rings. The van der Waals surface area contributed by atoms with E-state index in [4.69, 9.17) is 23.2 Å². The number of pyridine rings is 1. The van der Waals surface area contributed by atoms with Gasteiger partial charge < -0.3 is 10.4 Å². The Balaban J connectivity index is 1.50. The molecule has 0 bridgehead atoms. The minimum absolute atomic E-state index is 0.0157. The lowest BCUT2D eigenvalue weighted by Crippen LogP contribution is -2.22. The molecule has 5 rings (SSSR count). The fourth-order valence-corrected chi connectivity index (χ4v) is 4.28. The van der Waals surface area contributed by atoms with Crippen LogP contribution in [0.2, 0.25) is 10.2 Å². The highest BCUT2D eigenvalue weighted by Gasteiger charge is 2.40. The number of fused-ring (bicyclic) bond motifs is 1. The highest BCUT2D eigenvalue weighted by atomic mass is 35.5. The molecule has 7 nitrogen and oxygen atoms in total. The standard InChI is InChI=1S/C23H16Cl2N4O3/c24-14-10-17(27-21(25)20(14)30)22(31)28-16-8-4-7-15-19(16)23(32)29(11-26-15)18-9-13(18)12-5-2-1-3-6-12/h1-8,10-11,13,18,30H,9H2,(H,28,31)/t13-,18+/m1/s1. The summed E-state index contributed by atoms with van der Waals surface area (Å²) in [6.07, 6.45) is 2.41. The third-order valence-corrected chi connectivity index (χ3v) is 6.09. The fraction of sp³-hybridized carbons (Fsp3) is 0.130. The molecule has 0 unspecified atom stereocenters. The average Bonchev–Trinajstić information content (AvgIpc) is 3.58. The number of amides is 1. The van der Waals surface area contributed by atoms with E-state index in [1.165, 1.54) is 11.6 Å². The van der Waals surface area contributed by atoms with Crippen LogP contribution in [0, 0.1) is 0 Å². The van der Waals surface area contributed by atoms with Crippen molar-refractivity contribution >= 4 is 45.7 Å². The van der Waals surface area contributed by atoms with E-state index in [1.54, 1.807) is 29.1 Å². The third-order valence-electron chi connectivity index (χ3n) is 5.54. The number of hydrogen-bond donors (Lipinski definition) is 2. The van der Waals surface area contributed by atoms with Crippen LogP contribution in [0.4, 0.5) is 5.69 Å². The highest BCUT2D eigenvalue weighted by Crippen LogP contribution is 2.50. The van der Waals surface area contributed by atoms with Crippen molar-refractivity contribution in [1.29, 1.82) is 0 Å². The molecule has 2 aromatic heterocycles. The Morgan fingerprint density at radius 3 is 2.66 bits per heavy atom. The molecule has 32 heavy (non-hydrogen) atoms. The molecule has 1 saturated carbocycles. The van der Waals surface area contributed by atoms with Gasteiger partial charge in [-0.15, -0.1) is 0 Å². The quantitative estimate of drug-likeness (QED) is 0.421. The summed E-state index contributed by atoms with van der Waals surface area (Å²) in [7, 11) is 0. The van der Waals surface area contributed by atoms with Crippen LogP contribution < -0.4 is 10.9 Å². The predicted molar refractivity (Wildman–Crippen MR) is 123 cm³/mol. The van der Waals surface area contributed by atoms with E-state index >= 15 is 0 Å². The largest absolute Gasteiger partial charge is 0.504 e. The summed E-state index contributed by atoms with van der Waals surface area (Å²) >= 11 is 11.7. The first-order valence-corrected chi connectivity index (χ1v) is 10.6. The second-order valence-electron chi connectivity index (χ2n) is 7.56. The molecule has 0 radical (unpaired) electrons. The molecule has 2 atom stereocenters. The van der Waals surface area contributed by atoms with Gasteiger partial charge >= 0.3 is 0 Å². The lowest BCUT2D eigenvalue weighted by Gasteiger charge is -2.11. The number of aromatic hydroxyl groups is 1. The molecule has 0 spiro atoms. The second-order valence-corrected chi connectivity index (χ2v) is 8.32. The Morgan fingerprint density at radius 2 is 1.91 bits per heavy atom. The van der Waals surface area contributed by atoms with E-state index in [2.05, 4.69) is 27.4 Å². The van der Waals surface area contributed by atoms with E-state index < -0.39 is 11.7 Å². The smallest absolute Gasteiger partial charge is 0.274 e. The molecule has 1 fully saturated rings. The molecule has 0 saturated heterocycles. The van der Waals surface area contributed by atoms with Gasteiger partial charge in [0, 0.05) is 12.0 Å². The maximum Gasteiger partial charge on any atom is 0.274 e. The van der Waals surface area contributed by atoms with Crippen LogP contribution in [0.1, 0.15) is 34.4 Å². The van der Waals surface area contributed by atoms with E-state index in [9.17, 15) is 14.7 Å². The molecule has 2 aromatic carbocycles. The number of benzene rings is 2. The summed E-state index contributed by atoms with van der Waals surface area (Å²) in [6, 6.07) is 16.3. The van der Waals surface area contributed by atoms with Crippen molar-refractivity contribution < 1.29 is 9.90 Å². The SMILES string of the molecule is O=C(Nc1cccc2ncn([C@H]3C[C@@H]3c3ccccc3)c(=O)c12)c1cc(Cl)c(O)c(Cl)n1. The van der Waals surface area contributed by atoms with Crippen molar-refractivity contribution in [3.05, 3.63) is 92.7 Å². The van der Waals surface area contributed by atoms with Gasteiger partial charge in [0.2, 0.25) is 0 Å². The molecule has 1 amide bonds. The molecular weight excluding hydrogens is 451 g/mol. The van der Waals surface area contributed by atoms with E-state index in [1.807, 2.05) is 18.2 Å². The number of nitrogens with zero attached hydrogens (tertiary/aromatic N) is 3. The number of hydrogen-bond acceptors (Lipinski definition) is 5. The van der Waals surface area contributed by atoms with Gasteiger partial charge in [-0.25, -0.2) is 9.97 Å². The van der Waals surface area contributed by atoms with Gasteiger partial charge in [0.15, 0.2) is 10.9 Å². The number of anilines is 1. The summed E-state index contributed by atoms with van der Waals surface area (Å²) in [4.78, 5) is 34.4. The van der Waals surface area contributed by atoms with Crippen LogP contribution in [0.25, 0.3) is 10.9 Å². The Kier molecular flexibility index (Phi) is 5.07. The van der Waals surface area contributed by atoms with Gasteiger partial charge in [0.25, 0.3) is 11.5 Å². The van der Waals surface area contributed by atoms with Gasteiger partial charge in [-0.1, -0.05) is 59.6 Å². The molecule has 2 heterocycles. The Labute approximate surface area is 192 Å². The monoisotopic (exact) mass is 466 g/mol. The zero-order valence-electron chi connectivity index (χ0n) is 16.5. The van der Waals surface area contributed by atoms with Crippen LogP contribution in [0.15, 0.2) is 65.7 Å². The lowest BCUT2D eigenvalue weighted by molar-refractivity contribution is 0.102. The number of aromatic nitrogens is 3. The molecule has 0 aliphatic heterocycles. The summed E-state index contributed by atoms with van der Waals surface area (Å²) < 4.78 is 1.63. The van der Waals surface area contributed by atoms with Crippen LogP contribution in [-0.2, 0) is 0 Å². The Morgan fingerprint density at radius 1 is 1.12 bits per heavy atom. The average molecular weight is 467 g/mol. The summed E-state index contributed by atoms with van der Waals surface area (Å²) in [5, 5.41) is 12.3. The van der Waals surface area contributed by atoms with E-state index in [0.717, 1.165) is 6.42 Å². The number of rotatable bonds is 4. The zero-order valence-corrected chi connectivity index (χ0v) is 18.0. The predicted octanol–water partition coefficient (Wildman–Crippen LogP) is 4.78. The first kappa shape index (κ1) is 20.5. The van der Waals surface area contributed by atoms with Gasteiger partial charge in [-0.05, 0) is 30.2 Å². The van der Waals surface area contributed by atoms with Gasteiger partial charge in [-0.3, -0.25) is 14.2 Å². The highest BCUT2D eigenvalue weighted by molar-refractivity contribution is 6.36. The van der Waals surface area contributed by atoms with E-state index in [-0.39, 0.29) is 33.4 Å². The third kappa shape index (κ3) is 3.59. The number of halogens is 2. The molecule has 1 aliphatic rings. The Bertz CT molecular complexity index is 1400. The summed E-state index contributed by atoms with van der Waals surface area (Å²) in [5.41, 5.74) is 1.63. The summed E-state index contributed by atoms with van der Waals surface area (Å²) in [6.45, 7) is 0. The molecular formula is C23H16Cl2N4O3. The van der Waals surface area contributed by atoms with Crippen LogP contribution in [0.5, 0.6) is 5.75 Å². The van der Waals surface area contributed by atoms with Crippen molar-refractivity contribution in [3.8, 4) is 5.75 Å². The number of carbonyl (C=O) groups excluding carboxylic acids is 1. The van der Waals surface area contributed by atoms with Crippen LogP contribution in [-0.4, -0.2) is 25.5 Å². The number of nitrogens with one attached hydrogen (secondary N) is 1. The minimum atomic E-state index is -0.621. The maximum atomic E-state index is 13.4. The topological polar surface area (TPSA) is 97.1 Å². The van der Waals surface area contributed by atoms with Crippen molar-refractivity contribution in [2.75, 3.05) is 5.32 Å². The van der Waals surface area contributed by atoms with Crippen molar-refractivity contribution in [2.24, 2.45) is 0 Å². The molecule has 2 N–H and O–H groups in total. The van der Waals surface area contributed by atoms with E-state index in [0.29, 0.717) is 16.6 Å². The summed E-state index contributed by atoms with van der Waals surface area (Å²) in [5.74, 6) is -0.774. The minimum Gasteiger partial charge on any atom is -0.504 e. The maximum absolute atomic E-state index is 13.4. The lowest BCUT2D eigenvalue weighted by atomic mass is 10.1. The van der Waals surface area contributed by atoms with Crippen LogP contribution in [0.3, 0.4) is 0 Å². The molecule has 9 heteroatoms. The fourth-order valence-electron chi connectivity index (χ4n) is 3.85. The van der Waals surface area contributed by atoms with Gasteiger partial charge in [-0.2, -0.15) is 0 Å². The van der Waals surface area contributed by atoms with Crippen molar-refractivity contribution in [3.63, 3.8) is 0 Å². The number of carbonyl (C=O) groups is 1.